The van der Waals surface area contributed by atoms with Gasteiger partial charge in [-0.25, -0.2) is 0 Å². The number of hydrogen-bond acceptors (Lipinski definition) is 4. The molecule has 1 fully saturated rings. The minimum absolute atomic E-state index is 0.0500. The van der Waals surface area contributed by atoms with Gasteiger partial charge in [0.05, 0.1) is 31.1 Å². The Bertz CT molecular complexity index is 433. The summed E-state index contributed by atoms with van der Waals surface area (Å²) >= 11 is 0. The number of methoxy groups -OCH3 is 1. The van der Waals surface area contributed by atoms with Crippen molar-refractivity contribution in [2.75, 3.05) is 31.7 Å². The summed E-state index contributed by atoms with van der Waals surface area (Å²) in [7, 11) is 1.67. The highest BCUT2D eigenvalue weighted by atomic mass is 16.5. The molecule has 2 heterocycles. The number of carbonyl (C=O) groups is 1. The Kier molecular flexibility index (Phi) is 5.55. The Balaban J connectivity index is 1.99. The lowest BCUT2D eigenvalue weighted by Crippen LogP contribution is -2.51. The van der Waals surface area contributed by atoms with E-state index in [0.717, 1.165) is 38.0 Å². The number of aromatic nitrogens is 2. The number of ether oxygens (including phenoxy) is 1. The minimum Gasteiger partial charge on any atom is -0.383 e. The van der Waals surface area contributed by atoms with Gasteiger partial charge in [-0.1, -0.05) is 6.92 Å². The molecule has 0 aromatic carbocycles. The third-order valence-electron chi connectivity index (χ3n) is 3.54. The Morgan fingerprint density at radius 1 is 1.55 bits per heavy atom. The van der Waals surface area contributed by atoms with Crippen molar-refractivity contribution < 1.29 is 9.53 Å². The van der Waals surface area contributed by atoms with Gasteiger partial charge in [0, 0.05) is 19.9 Å². The Morgan fingerprint density at radius 2 is 2.40 bits per heavy atom. The number of rotatable bonds is 7. The predicted molar refractivity (Wildman–Crippen MR) is 77.8 cm³/mol. The van der Waals surface area contributed by atoms with Crippen LogP contribution in [0.15, 0.2) is 12.4 Å². The second-order valence-corrected chi connectivity index (χ2v) is 5.09. The maximum Gasteiger partial charge on any atom is 0.244 e. The van der Waals surface area contributed by atoms with Crippen LogP contribution < -0.4 is 10.2 Å². The van der Waals surface area contributed by atoms with Crippen LogP contribution in [0.1, 0.15) is 26.2 Å². The first-order valence-corrected chi connectivity index (χ1v) is 7.32. The molecule has 0 radical (unpaired) electrons. The highest BCUT2D eigenvalue weighted by molar-refractivity contribution is 5.97. The summed E-state index contributed by atoms with van der Waals surface area (Å²) in [6.45, 7) is 5.10. The van der Waals surface area contributed by atoms with E-state index in [2.05, 4.69) is 17.3 Å². The van der Waals surface area contributed by atoms with Crippen LogP contribution in [0.3, 0.4) is 0 Å². The summed E-state index contributed by atoms with van der Waals surface area (Å²) in [5.41, 5.74) is 0.883. The topological polar surface area (TPSA) is 59.4 Å². The van der Waals surface area contributed by atoms with E-state index in [1.54, 1.807) is 13.3 Å². The van der Waals surface area contributed by atoms with E-state index in [0.29, 0.717) is 13.2 Å². The molecule has 0 saturated carbocycles. The maximum atomic E-state index is 12.5. The number of amides is 1. The SMILES string of the molecule is CCCNC1CCCN(c2cnn(CCOC)c2)C1=O. The molecule has 0 spiro atoms. The molecule has 6 heteroatoms. The molecule has 1 unspecified atom stereocenters. The van der Waals surface area contributed by atoms with E-state index < -0.39 is 0 Å². The van der Waals surface area contributed by atoms with Crippen molar-refractivity contribution >= 4 is 11.6 Å². The quantitative estimate of drug-likeness (QED) is 0.810. The van der Waals surface area contributed by atoms with Crippen LogP contribution >= 0.6 is 0 Å². The third kappa shape index (κ3) is 3.58. The van der Waals surface area contributed by atoms with Crippen LogP contribution in [-0.4, -0.2) is 48.5 Å². The number of carbonyl (C=O) groups excluding carboxylic acids is 1. The average molecular weight is 280 g/mol. The molecule has 1 amide bonds. The first-order valence-electron chi connectivity index (χ1n) is 7.32. The van der Waals surface area contributed by atoms with Gasteiger partial charge >= 0.3 is 0 Å². The van der Waals surface area contributed by atoms with E-state index in [-0.39, 0.29) is 11.9 Å². The molecule has 1 N–H and O–H groups in total. The molecule has 20 heavy (non-hydrogen) atoms. The van der Waals surface area contributed by atoms with Crippen molar-refractivity contribution in [1.82, 2.24) is 15.1 Å². The normalized spacial score (nSPS) is 19.6. The van der Waals surface area contributed by atoms with E-state index >= 15 is 0 Å². The molecule has 1 aromatic heterocycles. The standard InChI is InChI=1S/C14H24N4O2/c1-3-6-15-13-5-4-7-18(14(13)19)12-10-16-17(11-12)8-9-20-2/h10-11,13,15H,3-9H2,1-2H3. The van der Waals surface area contributed by atoms with Gasteiger partial charge < -0.3 is 15.0 Å². The summed E-state index contributed by atoms with van der Waals surface area (Å²) < 4.78 is 6.85. The van der Waals surface area contributed by atoms with Crippen LogP contribution in [0.4, 0.5) is 5.69 Å². The van der Waals surface area contributed by atoms with Crippen molar-refractivity contribution in [3.63, 3.8) is 0 Å². The molecule has 1 aliphatic rings. The first-order chi connectivity index (χ1) is 9.76. The molecule has 0 bridgehead atoms. The maximum absolute atomic E-state index is 12.5. The second kappa shape index (κ2) is 7.40. The van der Waals surface area contributed by atoms with Crippen LogP contribution in [0.2, 0.25) is 0 Å². The van der Waals surface area contributed by atoms with Crippen LogP contribution in [0.25, 0.3) is 0 Å². The first kappa shape index (κ1) is 15.0. The molecule has 1 aliphatic heterocycles. The minimum atomic E-state index is -0.0500. The Labute approximate surface area is 120 Å². The molecule has 1 aromatic rings. The zero-order chi connectivity index (χ0) is 14.4. The summed E-state index contributed by atoms with van der Waals surface area (Å²) in [5, 5.41) is 7.60. The Hall–Kier alpha value is -1.40. The largest absolute Gasteiger partial charge is 0.383 e. The number of piperidine rings is 1. The summed E-state index contributed by atoms with van der Waals surface area (Å²) in [6, 6.07) is -0.0500. The van der Waals surface area contributed by atoms with Gasteiger partial charge in [0.2, 0.25) is 5.91 Å². The molecule has 112 valence electrons. The molecular weight excluding hydrogens is 256 g/mol. The van der Waals surface area contributed by atoms with Gasteiger partial charge in [0.15, 0.2) is 0 Å². The number of nitrogens with one attached hydrogen (secondary N) is 1. The number of hydrogen-bond donors (Lipinski definition) is 1. The Morgan fingerprint density at radius 3 is 3.15 bits per heavy atom. The van der Waals surface area contributed by atoms with E-state index in [4.69, 9.17) is 4.74 Å². The van der Waals surface area contributed by atoms with Crippen molar-refractivity contribution in [2.24, 2.45) is 0 Å². The fraction of sp³-hybridized carbons (Fsp3) is 0.714. The van der Waals surface area contributed by atoms with E-state index in [9.17, 15) is 4.79 Å². The summed E-state index contributed by atoms with van der Waals surface area (Å²) in [5.74, 6) is 0.163. The van der Waals surface area contributed by atoms with Crippen LogP contribution in [0, 0.1) is 0 Å². The lowest BCUT2D eigenvalue weighted by atomic mass is 10.0. The second-order valence-electron chi connectivity index (χ2n) is 5.09. The zero-order valence-electron chi connectivity index (χ0n) is 12.3. The molecule has 1 saturated heterocycles. The lowest BCUT2D eigenvalue weighted by molar-refractivity contribution is -0.121. The van der Waals surface area contributed by atoms with Crippen molar-refractivity contribution in [2.45, 2.75) is 38.8 Å². The van der Waals surface area contributed by atoms with E-state index in [1.807, 2.05) is 15.8 Å². The molecule has 1 atom stereocenters. The average Bonchev–Trinajstić information content (AvgIpc) is 2.92. The lowest BCUT2D eigenvalue weighted by Gasteiger charge is -2.31. The molecular formula is C14H24N4O2. The van der Waals surface area contributed by atoms with Crippen molar-refractivity contribution in [3.05, 3.63) is 12.4 Å². The van der Waals surface area contributed by atoms with Gasteiger partial charge in [-0.05, 0) is 25.8 Å². The van der Waals surface area contributed by atoms with Gasteiger partial charge in [-0.15, -0.1) is 0 Å². The molecule has 2 rings (SSSR count). The fourth-order valence-electron chi connectivity index (χ4n) is 2.44. The third-order valence-corrected chi connectivity index (χ3v) is 3.54. The number of nitrogens with zero attached hydrogens (tertiary/aromatic N) is 3. The monoisotopic (exact) mass is 280 g/mol. The van der Waals surface area contributed by atoms with Gasteiger partial charge in [-0.2, -0.15) is 5.10 Å². The van der Waals surface area contributed by atoms with Crippen molar-refractivity contribution in [1.29, 1.82) is 0 Å². The van der Waals surface area contributed by atoms with Crippen molar-refractivity contribution in [3.8, 4) is 0 Å². The highest BCUT2D eigenvalue weighted by Crippen LogP contribution is 2.20. The molecule has 0 aliphatic carbocycles. The zero-order valence-corrected chi connectivity index (χ0v) is 12.3. The van der Waals surface area contributed by atoms with Crippen LogP contribution in [0.5, 0.6) is 0 Å². The van der Waals surface area contributed by atoms with Crippen LogP contribution in [-0.2, 0) is 16.1 Å². The highest BCUT2D eigenvalue weighted by Gasteiger charge is 2.29. The summed E-state index contributed by atoms with van der Waals surface area (Å²) in [6.07, 6.45) is 6.66. The number of anilines is 1. The van der Waals surface area contributed by atoms with Gasteiger partial charge in [0.25, 0.3) is 0 Å². The van der Waals surface area contributed by atoms with Gasteiger partial charge in [-0.3, -0.25) is 9.48 Å². The molecule has 6 nitrogen and oxygen atoms in total. The fourth-order valence-corrected chi connectivity index (χ4v) is 2.44. The van der Waals surface area contributed by atoms with Gasteiger partial charge in [0.1, 0.15) is 0 Å². The summed E-state index contributed by atoms with van der Waals surface area (Å²) in [4.78, 5) is 14.3. The smallest absolute Gasteiger partial charge is 0.244 e. The predicted octanol–water partition coefficient (Wildman–Crippen LogP) is 1.02. The van der Waals surface area contributed by atoms with E-state index in [1.165, 1.54) is 0 Å².